The summed E-state index contributed by atoms with van der Waals surface area (Å²) < 4.78 is 0. The van der Waals surface area contributed by atoms with Gasteiger partial charge in [-0.3, -0.25) is 4.79 Å². The van der Waals surface area contributed by atoms with Gasteiger partial charge in [0, 0.05) is 33.6 Å². The van der Waals surface area contributed by atoms with Gasteiger partial charge in [0.05, 0.1) is 5.52 Å². The molecule has 2 unspecified atom stereocenters. The molecular weight excluding hydrogens is 420 g/mol. The number of nitrogens with zero attached hydrogens (tertiary/aromatic N) is 2. The van der Waals surface area contributed by atoms with Crippen molar-refractivity contribution < 1.29 is 4.79 Å². The summed E-state index contributed by atoms with van der Waals surface area (Å²) in [7, 11) is 0. The average Bonchev–Trinajstić information content (AvgIpc) is 3.31. The number of hydrogen-bond donors (Lipinski definition) is 2. The van der Waals surface area contributed by atoms with Crippen molar-refractivity contribution in [1.29, 1.82) is 0 Å². The Kier molecular flexibility index (Phi) is 5.48. The molecule has 5 rings (SSSR count). The van der Waals surface area contributed by atoms with Gasteiger partial charge >= 0.3 is 0 Å². The highest BCUT2D eigenvalue weighted by atomic mass is 35.5. The summed E-state index contributed by atoms with van der Waals surface area (Å²) in [6, 6.07) is 13.4. The van der Waals surface area contributed by atoms with E-state index in [4.69, 9.17) is 18.0 Å². The normalized spacial score (nSPS) is 24.4. The third kappa shape index (κ3) is 3.91. The van der Waals surface area contributed by atoms with E-state index in [0.717, 1.165) is 41.5 Å². The van der Waals surface area contributed by atoms with Crippen LogP contribution in [0.2, 0.25) is 5.02 Å². The minimum absolute atomic E-state index is 0.0232. The number of hydrogen-bond acceptors (Lipinski definition) is 4. The van der Waals surface area contributed by atoms with E-state index in [1.807, 2.05) is 18.2 Å². The van der Waals surface area contributed by atoms with Crippen LogP contribution in [0.25, 0.3) is 10.9 Å². The molecule has 3 aromatic rings. The minimum Gasteiger partial charge on any atom is -0.367 e. The van der Waals surface area contributed by atoms with E-state index in [2.05, 4.69) is 33.4 Å². The average molecular weight is 445 g/mol. The highest BCUT2D eigenvalue weighted by molar-refractivity contribution is 6.30. The first kappa shape index (κ1) is 20.8. The SMILES string of the molecule is C#Cc1ccc2ncnc(NC3C[C@@H]4C([C@@H](CC)NC(=O)c5ccc(Cl)cc5)[C@@H]4C3)c2c1. The third-order valence-electron chi connectivity index (χ3n) is 6.98. The highest BCUT2D eigenvalue weighted by Crippen LogP contribution is 2.59. The Balaban J connectivity index is 1.22. The number of fused-ring (bicyclic) bond motifs is 2. The maximum Gasteiger partial charge on any atom is 0.251 e. The molecule has 2 fully saturated rings. The van der Waals surface area contributed by atoms with E-state index in [0.29, 0.717) is 34.4 Å². The Labute approximate surface area is 193 Å². The standard InChI is InChI=1S/C26H25ClN4O/c1-3-15-5-10-23-21(11-15)25(29-14-28-23)30-18-12-19-20(13-18)24(19)22(4-2)31-26(32)16-6-8-17(27)9-7-16/h1,5-11,14,18-20,22,24H,4,12-13H2,2H3,(H,31,32)(H,28,29,30)/t18?,19-,20+,22-,24?/m1/s1. The monoisotopic (exact) mass is 444 g/mol. The van der Waals surface area contributed by atoms with Crippen LogP contribution in [0, 0.1) is 30.1 Å². The van der Waals surface area contributed by atoms with Crippen LogP contribution < -0.4 is 10.6 Å². The minimum atomic E-state index is -0.0232. The number of carbonyl (C=O) groups excluding carboxylic acids is 1. The molecule has 0 saturated heterocycles. The van der Waals surface area contributed by atoms with Gasteiger partial charge in [-0.1, -0.05) is 24.4 Å². The topological polar surface area (TPSA) is 66.9 Å². The van der Waals surface area contributed by atoms with Gasteiger partial charge in [-0.15, -0.1) is 6.42 Å². The molecule has 5 nitrogen and oxygen atoms in total. The Hall–Kier alpha value is -3.10. The van der Waals surface area contributed by atoms with Gasteiger partial charge < -0.3 is 10.6 Å². The fourth-order valence-electron chi connectivity index (χ4n) is 5.38. The summed E-state index contributed by atoms with van der Waals surface area (Å²) in [5.41, 5.74) is 2.37. The molecule has 2 saturated carbocycles. The molecule has 1 aromatic heterocycles. The first-order valence-electron chi connectivity index (χ1n) is 11.1. The summed E-state index contributed by atoms with van der Waals surface area (Å²) in [4.78, 5) is 21.5. The lowest BCUT2D eigenvalue weighted by atomic mass is 9.99. The number of carbonyl (C=O) groups is 1. The van der Waals surface area contributed by atoms with E-state index in [9.17, 15) is 4.79 Å². The zero-order chi connectivity index (χ0) is 22.2. The number of amides is 1. The first-order valence-corrected chi connectivity index (χ1v) is 11.5. The number of benzene rings is 2. The fourth-order valence-corrected chi connectivity index (χ4v) is 5.51. The first-order chi connectivity index (χ1) is 15.6. The number of aromatic nitrogens is 2. The third-order valence-corrected chi connectivity index (χ3v) is 7.23. The molecular formula is C26H25ClN4O. The summed E-state index contributed by atoms with van der Waals surface area (Å²) in [5.74, 6) is 5.33. The van der Waals surface area contributed by atoms with E-state index in [1.165, 1.54) is 0 Å². The van der Waals surface area contributed by atoms with Crippen LogP contribution in [-0.4, -0.2) is 28.0 Å². The molecule has 162 valence electrons. The number of rotatable bonds is 6. The van der Waals surface area contributed by atoms with E-state index >= 15 is 0 Å². The van der Waals surface area contributed by atoms with Crippen molar-refractivity contribution in [2.24, 2.45) is 17.8 Å². The quantitative estimate of drug-likeness (QED) is 0.530. The molecule has 1 amide bonds. The molecule has 2 N–H and O–H groups in total. The van der Waals surface area contributed by atoms with E-state index in [-0.39, 0.29) is 11.9 Å². The highest BCUT2D eigenvalue weighted by Gasteiger charge is 2.58. The van der Waals surface area contributed by atoms with Gasteiger partial charge in [0.2, 0.25) is 0 Å². The zero-order valence-electron chi connectivity index (χ0n) is 17.9. The second-order valence-electron chi connectivity index (χ2n) is 8.81. The van der Waals surface area contributed by atoms with Crippen molar-refractivity contribution in [1.82, 2.24) is 15.3 Å². The van der Waals surface area contributed by atoms with Crippen LogP contribution in [0.1, 0.15) is 42.1 Å². The van der Waals surface area contributed by atoms with Crippen LogP contribution in [0.5, 0.6) is 0 Å². The second kappa shape index (κ2) is 8.44. The number of anilines is 1. The molecule has 0 aliphatic heterocycles. The van der Waals surface area contributed by atoms with Gasteiger partial charge in [-0.2, -0.15) is 0 Å². The predicted octanol–water partition coefficient (Wildman–Crippen LogP) is 4.91. The Morgan fingerprint density at radius 2 is 1.94 bits per heavy atom. The van der Waals surface area contributed by atoms with Crippen molar-refractivity contribution in [2.45, 2.75) is 38.3 Å². The Morgan fingerprint density at radius 3 is 2.62 bits per heavy atom. The number of terminal acetylenes is 1. The van der Waals surface area contributed by atoms with Crippen LogP contribution >= 0.6 is 11.6 Å². The predicted molar refractivity (Wildman–Crippen MR) is 128 cm³/mol. The fraction of sp³-hybridized carbons (Fsp3) is 0.346. The van der Waals surface area contributed by atoms with E-state index in [1.54, 1.807) is 30.6 Å². The number of halogens is 1. The molecule has 0 radical (unpaired) electrons. The molecule has 6 heteroatoms. The van der Waals surface area contributed by atoms with Gasteiger partial charge in [0.1, 0.15) is 12.1 Å². The van der Waals surface area contributed by atoms with Gasteiger partial charge in [-0.05, 0) is 79.5 Å². The maximum absolute atomic E-state index is 12.7. The lowest BCUT2D eigenvalue weighted by Crippen LogP contribution is -2.38. The lowest BCUT2D eigenvalue weighted by Gasteiger charge is -2.22. The van der Waals surface area contributed by atoms with Gasteiger partial charge in [0.25, 0.3) is 5.91 Å². The molecule has 32 heavy (non-hydrogen) atoms. The van der Waals surface area contributed by atoms with Crippen molar-refractivity contribution in [3.63, 3.8) is 0 Å². The summed E-state index contributed by atoms with van der Waals surface area (Å²) >= 11 is 5.94. The molecule has 5 atom stereocenters. The van der Waals surface area contributed by atoms with Crippen molar-refractivity contribution in [2.75, 3.05) is 5.32 Å². The smallest absolute Gasteiger partial charge is 0.251 e. The second-order valence-corrected chi connectivity index (χ2v) is 9.25. The Bertz CT molecular complexity index is 1190. The molecule has 0 bridgehead atoms. The molecule has 1 heterocycles. The molecule has 2 aliphatic rings. The largest absolute Gasteiger partial charge is 0.367 e. The van der Waals surface area contributed by atoms with Crippen LogP contribution in [0.15, 0.2) is 48.8 Å². The summed E-state index contributed by atoms with van der Waals surface area (Å²) in [6.07, 6.45) is 10.3. The zero-order valence-corrected chi connectivity index (χ0v) is 18.6. The lowest BCUT2D eigenvalue weighted by molar-refractivity contribution is 0.0927. The van der Waals surface area contributed by atoms with Crippen LogP contribution in [-0.2, 0) is 0 Å². The molecule has 2 aromatic carbocycles. The van der Waals surface area contributed by atoms with Crippen molar-refractivity contribution in [3.8, 4) is 12.3 Å². The van der Waals surface area contributed by atoms with Crippen molar-refractivity contribution in [3.05, 3.63) is 64.9 Å². The summed E-state index contributed by atoms with van der Waals surface area (Å²) in [6.45, 7) is 2.15. The molecule has 0 spiro atoms. The van der Waals surface area contributed by atoms with Gasteiger partial charge in [-0.25, -0.2) is 9.97 Å². The van der Waals surface area contributed by atoms with Gasteiger partial charge in [0.15, 0.2) is 0 Å². The number of nitrogens with one attached hydrogen (secondary N) is 2. The molecule has 2 aliphatic carbocycles. The van der Waals surface area contributed by atoms with E-state index < -0.39 is 0 Å². The van der Waals surface area contributed by atoms with Crippen LogP contribution in [0.4, 0.5) is 5.82 Å². The van der Waals surface area contributed by atoms with Crippen LogP contribution in [0.3, 0.4) is 0 Å². The summed E-state index contributed by atoms with van der Waals surface area (Å²) in [5, 5.41) is 8.47. The van der Waals surface area contributed by atoms with Crippen molar-refractivity contribution >= 4 is 34.2 Å². The maximum atomic E-state index is 12.7. The Morgan fingerprint density at radius 1 is 1.19 bits per heavy atom.